The SMILES string of the molecule is Cc1ccc(C(=O)NNC(=O)CSc2ccccc2)c(C)c1. The molecular weight excluding hydrogens is 296 g/mol. The van der Waals surface area contributed by atoms with Crippen molar-refractivity contribution in [2.24, 2.45) is 0 Å². The molecule has 2 amide bonds. The summed E-state index contributed by atoms with van der Waals surface area (Å²) in [4.78, 5) is 24.8. The largest absolute Gasteiger partial charge is 0.272 e. The standard InChI is InChI=1S/C17H18N2O2S/c1-12-8-9-15(13(2)10-12)17(21)19-18-16(20)11-22-14-6-4-3-5-7-14/h3-10H,11H2,1-2H3,(H,18,20)(H,19,21). The second-order valence-electron chi connectivity index (χ2n) is 4.92. The van der Waals surface area contributed by atoms with E-state index < -0.39 is 0 Å². The Morgan fingerprint density at radius 3 is 2.41 bits per heavy atom. The molecule has 0 heterocycles. The van der Waals surface area contributed by atoms with E-state index in [0.717, 1.165) is 16.0 Å². The van der Waals surface area contributed by atoms with Crippen molar-refractivity contribution in [1.29, 1.82) is 0 Å². The van der Waals surface area contributed by atoms with Gasteiger partial charge in [-0.05, 0) is 37.6 Å². The van der Waals surface area contributed by atoms with Gasteiger partial charge in [0.1, 0.15) is 0 Å². The Balaban J connectivity index is 1.82. The van der Waals surface area contributed by atoms with Crippen molar-refractivity contribution >= 4 is 23.6 Å². The molecular formula is C17H18N2O2S. The molecule has 0 aromatic heterocycles. The van der Waals surface area contributed by atoms with Gasteiger partial charge < -0.3 is 0 Å². The van der Waals surface area contributed by atoms with Gasteiger partial charge in [-0.25, -0.2) is 0 Å². The van der Waals surface area contributed by atoms with E-state index in [1.54, 1.807) is 6.07 Å². The lowest BCUT2D eigenvalue weighted by atomic mass is 10.1. The maximum absolute atomic E-state index is 12.0. The van der Waals surface area contributed by atoms with Gasteiger partial charge in [-0.2, -0.15) is 0 Å². The molecule has 2 rings (SSSR count). The van der Waals surface area contributed by atoms with Crippen molar-refractivity contribution in [2.75, 3.05) is 5.75 Å². The molecule has 4 nitrogen and oxygen atoms in total. The Morgan fingerprint density at radius 1 is 1.00 bits per heavy atom. The zero-order valence-electron chi connectivity index (χ0n) is 12.6. The molecule has 0 fully saturated rings. The smallest absolute Gasteiger partial charge is 0.269 e. The first kappa shape index (κ1) is 16.1. The van der Waals surface area contributed by atoms with Crippen LogP contribution in [0.4, 0.5) is 0 Å². The van der Waals surface area contributed by atoms with Crippen molar-refractivity contribution in [3.63, 3.8) is 0 Å². The van der Waals surface area contributed by atoms with Crippen LogP contribution in [-0.2, 0) is 4.79 Å². The van der Waals surface area contributed by atoms with Crippen LogP contribution in [0.25, 0.3) is 0 Å². The molecule has 0 unspecified atom stereocenters. The average Bonchev–Trinajstić information content (AvgIpc) is 2.51. The Kier molecular flexibility index (Phi) is 5.61. The number of hydrogen-bond donors (Lipinski definition) is 2. The quantitative estimate of drug-likeness (QED) is 0.674. The van der Waals surface area contributed by atoms with Crippen LogP contribution in [0.15, 0.2) is 53.4 Å². The Morgan fingerprint density at radius 2 is 1.73 bits per heavy atom. The van der Waals surface area contributed by atoms with Crippen LogP contribution in [0.3, 0.4) is 0 Å². The molecule has 2 aromatic carbocycles. The molecule has 0 aliphatic rings. The predicted molar refractivity (Wildman–Crippen MR) is 88.7 cm³/mol. The molecule has 0 atom stereocenters. The van der Waals surface area contributed by atoms with Crippen LogP contribution >= 0.6 is 11.8 Å². The normalized spacial score (nSPS) is 10.1. The number of rotatable bonds is 4. The lowest BCUT2D eigenvalue weighted by Crippen LogP contribution is -2.42. The average molecular weight is 314 g/mol. The summed E-state index contributed by atoms with van der Waals surface area (Å²) in [6.45, 7) is 3.84. The number of aryl methyl sites for hydroxylation is 2. The number of nitrogens with one attached hydrogen (secondary N) is 2. The van der Waals surface area contributed by atoms with Crippen LogP contribution < -0.4 is 10.9 Å². The minimum absolute atomic E-state index is 0.244. The van der Waals surface area contributed by atoms with Crippen molar-refractivity contribution < 1.29 is 9.59 Å². The predicted octanol–water partition coefficient (Wildman–Crippen LogP) is 2.86. The van der Waals surface area contributed by atoms with Crippen molar-refractivity contribution in [3.05, 3.63) is 65.2 Å². The molecule has 114 valence electrons. The maximum atomic E-state index is 12.0. The van der Waals surface area contributed by atoms with Crippen molar-refractivity contribution in [1.82, 2.24) is 10.9 Å². The highest BCUT2D eigenvalue weighted by Crippen LogP contribution is 2.16. The number of thioether (sulfide) groups is 1. The first-order chi connectivity index (χ1) is 10.6. The molecule has 0 bridgehead atoms. The van der Waals surface area contributed by atoms with Crippen molar-refractivity contribution in [2.45, 2.75) is 18.7 Å². The number of carbonyl (C=O) groups excluding carboxylic acids is 2. The zero-order chi connectivity index (χ0) is 15.9. The number of hydrazine groups is 1. The zero-order valence-corrected chi connectivity index (χ0v) is 13.4. The third-order valence-electron chi connectivity index (χ3n) is 3.06. The first-order valence-corrected chi connectivity index (χ1v) is 7.89. The summed E-state index contributed by atoms with van der Waals surface area (Å²) in [7, 11) is 0. The molecule has 0 aliphatic heterocycles. The fraction of sp³-hybridized carbons (Fsp3) is 0.176. The number of hydrogen-bond acceptors (Lipinski definition) is 3. The summed E-state index contributed by atoms with van der Waals surface area (Å²) in [5, 5.41) is 0. The van der Waals surface area contributed by atoms with Crippen molar-refractivity contribution in [3.8, 4) is 0 Å². The highest BCUT2D eigenvalue weighted by Gasteiger charge is 2.10. The van der Waals surface area contributed by atoms with Crippen LogP contribution in [0.2, 0.25) is 0 Å². The van der Waals surface area contributed by atoms with Crippen LogP contribution in [0, 0.1) is 13.8 Å². The van der Waals surface area contributed by atoms with Gasteiger partial charge in [0.15, 0.2) is 0 Å². The van der Waals surface area contributed by atoms with Gasteiger partial charge in [-0.1, -0.05) is 35.9 Å². The van der Waals surface area contributed by atoms with E-state index in [-0.39, 0.29) is 17.6 Å². The van der Waals surface area contributed by atoms with Crippen LogP contribution in [0.5, 0.6) is 0 Å². The Hall–Kier alpha value is -2.27. The van der Waals surface area contributed by atoms with Gasteiger partial charge in [0.2, 0.25) is 5.91 Å². The lowest BCUT2D eigenvalue weighted by molar-refractivity contribution is -0.119. The van der Waals surface area contributed by atoms with E-state index in [9.17, 15) is 9.59 Å². The molecule has 22 heavy (non-hydrogen) atoms. The second kappa shape index (κ2) is 7.66. The summed E-state index contributed by atoms with van der Waals surface area (Å²) in [5.41, 5.74) is 7.41. The first-order valence-electron chi connectivity index (χ1n) is 6.90. The Bertz CT molecular complexity index is 672. The third kappa shape index (κ3) is 4.63. The van der Waals surface area contributed by atoms with Crippen LogP contribution in [-0.4, -0.2) is 17.6 Å². The van der Waals surface area contributed by atoms with Gasteiger partial charge >= 0.3 is 0 Å². The van der Waals surface area contributed by atoms with Gasteiger partial charge in [0.25, 0.3) is 5.91 Å². The molecule has 5 heteroatoms. The number of benzene rings is 2. The van der Waals surface area contributed by atoms with Crippen LogP contribution in [0.1, 0.15) is 21.5 Å². The summed E-state index contributed by atoms with van der Waals surface area (Å²) in [6, 6.07) is 15.2. The van der Waals surface area contributed by atoms with E-state index in [4.69, 9.17) is 0 Å². The number of amides is 2. The maximum Gasteiger partial charge on any atom is 0.269 e. The van der Waals surface area contributed by atoms with Gasteiger partial charge in [0.05, 0.1) is 5.75 Å². The molecule has 0 saturated carbocycles. The fourth-order valence-corrected chi connectivity index (χ4v) is 2.68. The molecule has 0 spiro atoms. The third-order valence-corrected chi connectivity index (χ3v) is 4.07. The van der Waals surface area contributed by atoms with E-state index in [1.807, 2.05) is 56.3 Å². The monoisotopic (exact) mass is 314 g/mol. The Labute approximate surface area is 134 Å². The van der Waals surface area contributed by atoms with Gasteiger partial charge in [0, 0.05) is 10.5 Å². The summed E-state index contributed by atoms with van der Waals surface area (Å²) >= 11 is 1.42. The second-order valence-corrected chi connectivity index (χ2v) is 5.97. The van der Waals surface area contributed by atoms with Gasteiger partial charge in [-0.3, -0.25) is 20.4 Å². The molecule has 0 saturated heterocycles. The van der Waals surface area contributed by atoms with E-state index >= 15 is 0 Å². The van der Waals surface area contributed by atoms with Gasteiger partial charge in [-0.15, -0.1) is 11.8 Å². The fourth-order valence-electron chi connectivity index (χ4n) is 1.96. The van der Waals surface area contributed by atoms with E-state index in [1.165, 1.54) is 11.8 Å². The molecule has 0 radical (unpaired) electrons. The number of carbonyl (C=O) groups is 2. The topological polar surface area (TPSA) is 58.2 Å². The lowest BCUT2D eigenvalue weighted by Gasteiger charge is -2.09. The summed E-state index contributed by atoms with van der Waals surface area (Å²) in [5.74, 6) is -0.306. The highest BCUT2D eigenvalue weighted by molar-refractivity contribution is 8.00. The summed E-state index contributed by atoms with van der Waals surface area (Å²) < 4.78 is 0. The minimum atomic E-state index is -0.310. The minimum Gasteiger partial charge on any atom is -0.272 e. The van der Waals surface area contributed by atoms with E-state index in [2.05, 4.69) is 10.9 Å². The summed E-state index contributed by atoms with van der Waals surface area (Å²) in [6.07, 6.45) is 0. The highest BCUT2D eigenvalue weighted by atomic mass is 32.2. The molecule has 0 aliphatic carbocycles. The molecule has 2 aromatic rings. The molecule has 2 N–H and O–H groups in total. The van der Waals surface area contributed by atoms with E-state index in [0.29, 0.717) is 5.56 Å².